The number of carbonyl (C=O) groups excluding carboxylic acids is 2. The number of hydrogen-bond donors (Lipinski definition) is 0. The lowest BCUT2D eigenvalue weighted by Gasteiger charge is -2.44. The van der Waals surface area contributed by atoms with Gasteiger partial charge < -0.3 is 14.5 Å². The number of benzene rings is 1. The van der Waals surface area contributed by atoms with Crippen LogP contribution in [0.1, 0.15) is 42.1 Å². The number of likely N-dealkylation sites (tertiary alicyclic amines) is 1. The quantitative estimate of drug-likeness (QED) is 0.842. The molecule has 1 aliphatic carbocycles. The molecule has 1 saturated carbocycles. The molecule has 5 nitrogen and oxygen atoms in total. The van der Waals surface area contributed by atoms with E-state index >= 15 is 0 Å². The molecule has 3 aliphatic rings. The maximum Gasteiger partial charge on any atom is 0.254 e. The number of carbonyl (C=O) groups is 2. The average molecular weight is 342 g/mol. The molecular weight excluding hydrogens is 316 g/mol. The summed E-state index contributed by atoms with van der Waals surface area (Å²) >= 11 is 0. The predicted molar refractivity (Wildman–Crippen MR) is 94.3 cm³/mol. The van der Waals surface area contributed by atoms with Gasteiger partial charge in [0.05, 0.1) is 6.10 Å². The zero-order chi connectivity index (χ0) is 17.4. The van der Waals surface area contributed by atoms with E-state index in [1.54, 1.807) is 4.90 Å². The SMILES string of the molecule is CCOC1CC2(CCN(C(=O)CN3CCc4ccccc4C3=O)C2)C1. The normalized spacial score (nSPS) is 28.2. The molecule has 0 radical (unpaired) electrons. The molecule has 0 unspecified atom stereocenters. The van der Waals surface area contributed by atoms with Crippen LogP contribution in [0.4, 0.5) is 0 Å². The third-order valence-corrected chi connectivity index (χ3v) is 6.03. The van der Waals surface area contributed by atoms with Crippen LogP contribution < -0.4 is 0 Å². The molecule has 1 saturated heterocycles. The molecule has 5 heteroatoms. The highest BCUT2D eigenvalue weighted by Gasteiger charge is 2.49. The van der Waals surface area contributed by atoms with E-state index in [-0.39, 0.29) is 23.8 Å². The Hall–Kier alpha value is -1.88. The number of hydrogen-bond acceptors (Lipinski definition) is 3. The zero-order valence-electron chi connectivity index (χ0n) is 14.9. The van der Waals surface area contributed by atoms with Crippen LogP contribution in [0.5, 0.6) is 0 Å². The van der Waals surface area contributed by atoms with Crippen LogP contribution in [0.25, 0.3) is 0 Å². The van der Waals surface area contributed by atoms with Gasteiger partial charge in [-0.25, -0.2) is 0 Å². The summed E-state index contributed by atoms with van der Waals surface area (Å²) in [6.45, 7) is 5.28. The Balaban J connectivity index is 1.34. The van der Waals surface area contributed by atoms with Gasteiger partial charge in [0.2, 0.25) is 5.91 Å². The van der Waals surface area contributed by atoms with E-state index in [1.807, 2.05) is 36.1 Å². The number of rotatable bonds is 4. The first-order chi connectivity index (χ1) is 12.1. The number of fused-ring (bicyclic) bond motifs is 1. The first-order valence-corrected chi connectivity index (χ1v) is 9.37. The highest BCUT2D eigenvalue weighted by atomic mass is 16.5. The van der Waals surface area contributed by atoms with Gasteiger partial charge in [-0.2, -0.15) is 0 Å². The fraction of sp³-hybridized carbons (Fsp3) is 0.600. The summed E-state index contributed by atoms with van der Waals surface area (Å²) in [5.41, 5.74) is 2.11. The monoisotopic (exact) mass is 342 g/mol. The Bertz CT molecular complexity index is 681. The second kappa shape index (κ2) is 6.45. The molecule has 0 aromatic heterocycles. The minimum atomic E-state index is -0.0100. The minimum absolute atomic E-state index is 0.0100. The van der Waals surface area contributed by atoms with Gasteiger partial charge in [-0.05, 0) is 49.7 Å². The summed E-state index contributed by atoms with van der Waals surface area (Å²) in [5, 5.41) is 0. The van der Waals surface area contributed by atoms with Gasteiger partial charge >= 0.3 is 0 Å². The van der Waals surface area contributed by atoms with Gasteiger partial charge in [0.25, 0.3) is 5.91 Å². The molecule has 2 amide bonds. The molecular formula is C20H26N2O3. The summed E-state index contributed by atoms with van der Waals surface area (Å²) < 4.78 is 5.67. The summed E-state index contributed by atoms with van der Waals surface area (Å²) in [6, 6.07) is 7.71. The topological polar surface area (TPSA) is 49.9 Å². The predicted octanol–water partition coefficient (Wildman–Crippen LogP) is 2.10. The lowest BCUT2D eigenvalue weighted by atomic mass is 9.66. The van der Waals surface area contributed by atoms with Gasteiger partial charge in [-0.3, -0.25) is 9.59 Å². The van der Waals surface area contributed by atoms with Crippen LogP contribution in [0.3, 0.4) is 0 Å². The van der Waals surface area contributed by atoms with Crippen LogP contribution in [0, 0.1) is 5.41 Å². The number of nitrogens with zero attached hydrogens (tertiary/aromatic N) is 2. The summed E-state index contributed by atoms with van der Waals surface area (Å²) in [7, 11) is 0. The zero-order valence-corrected chi connectivity index (χ0v) is 14.9. The molecule has 4 rings (SSSR count). The molecule has 0 bridgehead atoms. The maximum absolute atomic E-state index is 12.7. The lowest BCUT2D eigenvalue weighted by Crippen LogP contribution is -2.48. The Labute approximate surface area is 148 Å². The van der Waals surface area contributed by atoms with Crippen molar-refractivity contribution in [3.63, 3.8) is 0 Å². The molecule has 0 N–H and O–H groups in total. The van der Waals surface area contributed by atoms with Crippen molar-refractivity contribution in [2.45, 2.75) is 38.7 Å². The highest BCUT2D eigenvalue weighted by molar-refractivity contribution is 5.98. The van der Waals surface area contributed by atoms with E-state index in [9.17, 15) is 9.59 Å². The Morgan fingerprint density at radius 2 is 2.08 bits per heavy atom. The fourth-order valence-electron chi connectivity index (χ4n) is 4.63. The first kappa shape index (κ1) is 16.6. The van der Waals surface area contributed by atoms with Gasteiger partial charge in [0.1, 0.15) is 6.54 Å². The van der Waals surface area contributed by atoms with Crippen molar-refractivity contribution in [3.8, 4) is 0 Å². The molecule has 134 valence electrons. The van der Waals surface area contributed by atoms with Crippen LogP contribution in [-0.4, -0.2) is 60.5 Å². The minimum Gasteiger partial charge on any atom is -0.378 e. The largest absolute Gasteiger partial charge is 0.378 e. The molecule has 2 fully saturated rings. The number of ether oxygens (including phenoxy) is 1. The Morgan fingerprint density at radius 3 is 2.88 bits per heavy atom. The first-order valence-electron chi connectivity index (χ1n) is 9.37. The van der Waals surface area contributed by atoms with Crippen molar-refractivity contribution >= 4 is 11.8 Å². The van der Waals surface area contributed by atoms with Crippen molar-refractivity contribution in [1.29, 1.82) is 0 Å². The van der Waals surface area contributed by atoms with Gasteiger partial charge in [-0.15, -0.1) is 0 Å². The van der Waals surface area contributed by atoms with Crippen molar-refractivity contribution in [3.05, 3.63) is 35.4 Å². The summed E-state index contributed by atoms with van der Waals surface area (Å²) in [5.74, 6) is 0.0774. The van der Waals surface area contributed by atoms with Gasteiger partial charge in [-0.1, -0.05) is 18.2 Å². The molecule has 2 aliphatic heterocycles. The molecule has 1 aromatic carbocycles. The summed E-state index contributed by atoms with van der Waals surface area (Å²) in [6.07, 6.45) is 4.41. The third-order valence-electron chi connectivity index (χ3n) is 6.03. The molecule has 1 aromatic rings. The van der Waals surface area contributed by atoms with Gasteiger partial charge in [0.15, 0.2) is 0 Å². The van der Waals surface area contributed by atoms with E-state index in [1.165, 1.54) is 0 Å². The Morgan fingerprint density at radius 1 is 1.28 bits per heavy atom. The van der Waals surface area contributed by atoms with E-state index in [4.69, 9.17) is 4.74 Å². The van der Waals surface area contributed by atoms with E-state index in [0.29, 0.717) is 12.6 Å². The third kappa shape index (κ3) is 3.06. The maximum atomic E-state index is 12.7. The average Bonchev–Trinajstić information content (AvgIpc) is 3.03. The smallest absolute Gasteiger partial charge is 0.254 e. The van der Waals surface area contributed by atoms with Gasteiger partial charge in [0, 0.05) is 31.8 Å². The van der Waals surface area contributed by atoms with E-state index in [0.717, 1.165) is 56.5 Å². The van der Waals surface area contributed by atoms with Crippen molar-refractivity contribution in [2.24, 2.45) is 5.41 Å². The van der Waals surface area contributed by atoms with Crippen LogP contribution in [0.2, 0.25) is 0 Å². The Kier molecular flexibility index (Phi) is 4.28. The summed E-state index contributed by atoms with van der Waals surface area (Å²) in [4.78, 5) is 29.0. The lowest BCUT2D eigenvalue weighted by molar-refractivity contribution is -0.132. The second-order valence-electron chi connectivity index (χ2n) is 7.68. The second-order valence-corrected chi connectivity index (χ2v) is 7.68. The molecule has 1 spiro atoms. The van der Waals surface area contributed by atoms with Crippen molar-refractivity contribution in [2.75, 3.05) is 32.8 Å². The highest BCUT2D eigenvalue weighted by Crippen LogP contribution is 2.49. The van der Waals surface area contributed by atoms with Crippen molar-refractivity contribution in [1.82, 2.24) is 9.80 Å². The van der Waals surface area contributed by atoms with Crippen LogP contribution >= 0.6 is 0 Å². The molecule has 25 heavy (non-hydrogen) atoms. The standard InChI is InChI=1S/C20H26N2O3/c1-2-25-16-11-20(12-16)8-10-22(14-20)18(23)13-21-9-7-15-5-3-4-6-17(15)19(21)24/h3-6,16H,2,7-14H2,1H3. The van der Waals surface area contributed by atoms with Crippen LogP contribution in [-0.2, 0) is 16.0 Å². The molecule has 2 heterocycles. The molecule has 0 atom stereocenters. The fourth-order valence-corrected chi connectivity index (χ4v) is 4.63. The van der Waals surface area contributed by atoms with Crippen LogP contribution in [0.15, 0.2) is 24.3 Å². The number of amides is 2. The van der Waals surface area contributed by atoms with E-state index in [2.05, 4.69) is 0 Å². The van der Waals surface area contributed by atoms with Crippen molar-refractivity contribution < 1.29 is 14.3 Å². The van der Waals surface area contributed by atoms with E-state index < -0.39 is 0 Å².